The maximum Gasteiger partial charge on any atom is 0.233 e. The van der Waals surface area contributed by atoms with Gasteiger partial charge in [0.2, 0.25) is 11.8 Å². The topological polar surface area (TPSA) is 59.2 Å². The summed E-state index contributed by atoms with van der Waals surface area (Å²) in [4.78, 5) is 19.0. The Labute approximate surface area is 152 Å². The van der Waals surface area contributed by atoms with Gasteiger partial charge in [0, 0.05) is 25.4 Å². The Balaban J connectivity index is 1.46. The van der Waals surface area contributed by atoms with Crippen LogP contribution in [0.4, 0.5) is 0 Å². The van der Waals surface area contributed by atoms with Crippen molar-refractivity contribution in [1.82, 2.24) is 15.0 Å². The molecule has 5 heteroatoms. The molecule has 1 amide bonds. The summed E-state index contributed by atoms with van der Waals surface area (Å²) in [6, 6.07) is 20.4. The van der Waals surface area contributed by atoms with Crippen molar-refractivity contribution in [1.29, 1.82) is 0 Å². The van der Waals surface area contributed by atoms with Crippen LogP contribution in [0.2, 0.25) is 0 Å². The molecule has 1 aromatic heterocycles. The number of carbonyl (C=O) groups is 1. The predicted octanol–water partition coefficient (Wildman–Crippen LogP) is 3.53. The van der Waals surface area contributed by atoms with E-state index in [0.717, 1.165) is 11.1 Å². The lowest BCUT2D eigenvalue weighted by atomic mass is 9.87. The third-order valence-electron chi connectivity index (χ3n) is 4.91. The lowest BCUT2D eigenvalue weighted by Crippen LogP contribution is -2.48. The molecule has 1 aliphatic rings. The molecule has 3 aromatic rings. The zero-order valence-corrected chi connectivity index (χ0v) is 14.7. The lowest BCUT2D eigenvalue weighted by molar-refractivity contribution is -0.136. The van der Waals surface area contributed by atoms with E-state index in [1.54, 1.807) is 6.92 Å². The van der Waals surface area contributed by atoms with Crippen molar-refractivity contribution >= 4 is 5.91 Å². The Bertz CT molecular complexity index is 831. The molecule has 0 radical (unpaired) electrons. The molecular weight excluding hydrogens is 326 g/mol. The average molecular weight is 347 g/mol. The number of hydrogen-bond acceptors (Lipinski definition) is 4. The van der Waals surface area contributed by atoms with Crippen LogP contribution in [0.25, 0.3) is 0 Å². The SMILES string of the molecule is Cc1noc(C2CN(C(=O)CC(c3ccccc3)c3ccccc3)C2)n1. The van der Waals surface area contributed by atoms with Crippen LogP contribution >= 0.6 is 0 Å². The maximum absolute atomic E-state index is 12.8. The largest absolute Gasteiger partial charge is 0.341 e. The molecule has 0 spiro atoms. The van der Waals surface area contributed by atoms with Crippen LogP contribution < -0.4 is 0 Å². The molecule has 0 atom stereocenters. The molecule has 4 rings (SSSR count). The summed E-state index contributed by atoms with van der Waals surface area (Å²) in [6.07, 6.45) is 0.462. The first-order chi connectivity index (χ1) is 12.7. The summed E-state index contributed by atoms with van der Waals surface area (Å²) >= 11 is 0. The number of rotatable bonds is 5. The Morgan fingerprint density at radius 2 is 1.65 bits per heavy atom. The quantitative estimate of drug-likeness (QED) is 0.708. The molecule has 26 heavy (non-hydrogen) atoms. The molecule has 1 aliphatic heterocycles. The second kappa shape index (κ2) is 7.12. The Morgan fingerprint density at radius 1 is 1.08 bits per heavy atom. The highest BCUT2D eigenvalue weighted by molar-refractivity contribution is 5.78. The van der Waals surface area contributed by atoms with Crippen LogP contribution in [0.5, 0.6) is 0 Å². The van der Waals surface area contributed by atoms with Crippen LogP contribution in [0, 0.1) is 6.92 Å². The normalized spacial score (nSPS) is 14.5. The summed E-state index contributed by atoms with van der Waals surface area (Å²) in [5, 5.41) is 3.83. The van der Waals surface area contributed by atoms with Crippen LogP contribution in [-0.2, 0) is 4.79 Å². The minimum atomic E-state index is 0.0644. The zero-order valence-electron chi connectivity index (χ0n) is 14.7. The van der Waals surface area contributed by atoms with Gasteiger partial charge in [-0.05, 0) is 18.1 Å². The summed E-state index contributed by atoms with van der Waals surface area (Å²) in [6.45, 7) is 3.10. The molecule has 0 N–H and O–H groups in total. The van der Waals surface area contributed by atoms with E-state index in [-0.39, 0.29) is 17.7 Å². The van der Waals surface area contributed by atoms with E-state index < -0.39 is 0 Å². The van der Waals surface area contributed by atoms with E-state index in [9.17, 15) is 4.79 Å². The fraction of sp³-hybridized carbons (Fsp3) is 0.286. The first kappa shape index (κ1) is 16.5. The van der Waals surface area contributed by atoms with Crippen molar-refractivity contribution in [2.24, 2.45) is 0 Å². The van der Waals surface area contributed by atoms with Gasteiger partial charge >= 0.3 is 0 Å². The Kier molecular flexibility index (Phi) is 4.52. The first-order valence-electron chi connectivity index (χ1n) is 8.88. The van der Waals surface area contributed by atoms with Crippen LogP contribution in [-0.4, -0.2) is 34.0 Å². The van der Waals surface area contributed by atoms with Crippen LogP contribution in [0.1, 0.15) is 41.1 Å². The van der Waals surface area contributed by atoms with Gasteiger partial charge in [-0.15, -0.1) is 0 Å². The lowest BCUT2D eigenvalue weighted by Gasteiger charge is -2.38. The van der Waals surface area contributed by atoms with Crippen molar-refractivity contribution in [2.45, 2.75) is 25.2 Å². The van der Waals surface area contributed by atoms with Gasteiger partial charge in [0.25, 0.3) is 0 Å². The van der Waals surface area contributed by atoms with Crippen LogP contribution in [0.3, 0.4) is 0 Å². The van der Waals surface area contributed by atoms with E-state index in [0.29, 0.717) is 31.2 Å². The molecule has 0 unspecified atom stereocenters. The molecule has 5 nitrogen and oxygen atoms in total. The van der Waals surface area contributed by atoms with Crippen molar-refractivity contribution in [3.8, 4) is 0 Å². The number of amides is 1. The third-order valence-corrected chi connectivity index (χ3v) is 4.91. The average Bonchev–Trinajstić information content (AvgIpc) is 3.06. The molecule has 1 saturated heterocycles. The predicted molar refractivity (Wildman–Crippen MR) is 97.7 cm³/mol. The standard InChI is InChI=1S/C21H21N3O2/c1-15-22-21(26-23-15)18-13-24(14-18)20(25)12-19(16-8-4-2-5-9-16)17-10-6-3-7-11-17/h2-11,18-19H,12-14H2,1H3. The summed E-state index contributed by atoms with van der Waals surface area (Å²) in [7, 11) is 0. The molecule has 0 saturated carbocycles. The minimum Gasteiger partial charge on any atom is -0.341 e. The number of nitrogens with zero attached hydrogens (tertiary/aromatic N) is 3. The van der Waals surface area contributed by atoms with Gasteiger partial charge in [-0.3, -0.25) is 4.79 Å². The fourth-order valence-corrected chi connectivity index (χ4v) is 3.42. The van der Waals surface area contributed by atoms with E-state index >= 15 is 0 Å². The smallest absolute Gasteiger partial charge is 0.233 e. The molecule has 132 valence electrons. The summed E-state index contributed by atoms with van der Waals surface area (Å²) in [5.74, 6) is 1.66. The van der Waals surface area contributed by atoms with Crippen molar-refractivity contribution in [3.63, 3.8) is 0 Å². The first-order valence-corrected chi connectivity index (χ1v) is 8.88. The number of carbonyl (C=O) groups excluding carboxylic acids is 1. The number of benzene rings is 2. The van der Waals surface area contributed by atoms with E-state index in [1.807, 2.05) is 41.3 Å². The van der Waals surface area contributed by atoms with Gasteiger partial charge in [-0.25, -0.2) is 0 Å². The Hall–Kier alpha value is -2.95. The van der Waals surface area contributed by atoms with E-state index in [2.05, 4.69) is 34.4 Å². The molecule has 1 fully saturated rings. The van der Waals surface area contributed by atoms with E-state index in [1.165, 1.54) is 0 Å². The van der Waals surface area contributed by atoms with Gasteiger partial charge in [-0.2, -0.15) is 4.98 Å². The molecule has 0 bridgehead atoms. The minimum absolute atomic E-state index is 0.0644. The van der Waals surface area contributed by atoms with Gasteiger partial charge in [0.05, 0.1) is 5.92 Å². The van der Waals surface area contributed by atoms with Gasteiger partial charge in [0.1, 0.15) is 0 Å². The molecular formula is C21H21N3O2. The second-order valence-electron chi connectivity index (χ2n) is 6.75. The van der Waals surface area contributed by atoms with Gasteiger partial charge in [0.15, 0.2) is 5.82 Å². The maximum atomic E-state index is 12.8. The molecule has 2 heterocycles. The highest BCUT2D eigenvalue weighted by Gasteiger charge is 2.36. The zero-order chi connectivity index (χ0) is 17.9. The van der Waals surface area contributed by atoms with E-state index in [4.69, 9.17) is 4.52 Å². The second-order valence-corrected chi connectivity index (χ2v) is 6.75. The summed E-state index contributed by atoms with van der Waals surface area (Å²) in [5.41, 5.74) is 2.33. The monoisotopic (exact) mass is 347 g/mol. The molecule has 0 aliphatic carbocycles. The molecule has 2 aromatic carbocycles. The highest BCUT2D eigenvalue weighted by Crippen LogP contribution is 2.32. The van der Waals surface area contributed by atoms with Crippen molar-refractivity contribution in [2.75, 3.05) is 13.1 Å². The number of aryl methyl sites for hydroxylation is 1. The number of likely N-dealkylation sites (tertiary alicyclic amines) is 1. The number of hydrogen-bond donors (Lipinski definition) is 0. The van der Waals surface area contributed by atoms with Gasteiger partial charge in [-0.1, -0.05) is 65.8 Å². The van der Waals surface area contributed by atoms with Crippen LogP contribution in [0.15, 0.2) is 65.2 Å². The highest BCUT2D eigenvalue weighted by atomic mass is 16.5. The van der Waals surface area contributed by atoms with Crippen molar-refractivity contribution in [3.05, 3.63) is 83.5 Å². The summed E-state index contributed by atoms with van der Waals surface area (Å²) < 4.78 is 5.22. The fourth-order valence-electron chi connectivity index (χ4n) is 3.42. The third kappa shape index (κ3) is 3.38. The Morgan fingerprint density at radius 3 is 2.15 bits per heavy atom. The van der Waals surface area contributed by atoms with Crippen molar-refractivity contribution < 1.29 is 9.32 Å². The number of aromatic nitrogens is 2. The van der Waals surface area contributed by atoms with Gasteiger partial charge < -0.3 is 9.42 Å².